The van der Waals surface area contributed by atoms with Gasteiger partial charge in [0.1, 0.15) is 11.6 Å². The lowest BCUT2D eigenvalue weighted by atomic mass is 10.1. The maximum atomic E-state index is 12.7. The van der Waals surface area contributed by atoms with Crippen LogP contribution in [-0.4, -0.2) is 10.1 Å². The zero-order valence-electron chi connectivity index (χ0n) is 10.1. The van der Waals surface area contributed by atoms with Crippen molar-refractivity contribution in [1.82, 2.24) is 10.3 Å². The summed E-state index contributed by atoms with van der Waals surface area (Å²) in [5.74, 6) is -0.0732. The van der Waals surface area contributed by atoms with Gasteiger partial charge in [-0.15, -0.1) is 0 Å². The standard InChI is InChI=1S/C14H15FN2O/c1-10(13-7-6-12(15)9-17-13)16-8-11-4-2-3-5-14(11)18/h2-7,9-10,16,18H,8H2,1H3. The van der Waals surface area contributed by atoms with Crippen molar-refractivity contribution in [2.75, 3.05) is 0 Å². The lowest BCUT2D eigenvalue weighted by molar-refractivity contribution is 0.459. The zero-order valence-corrected chi connectivity index (χ0v) is 10.1. The van der Waals surface area contributed by atoms with E-state index < -0.39 is 0 Å². The summed E-state index contributed by atoms with van der Waals surface area (Å²) >= 11 is 0. The predicted molar refractivity (Wildman–Crippen MR) is 67.6 cm³/mol. The van der Waals surface area contributed by atoms with Crippen molar-refractivity contribution in [3.05, 3.63) is 59.7 Å². The molecule has 0 fully saturated rings. The fourth-order valence-corrected chi connectivity index (χ4v) is 1.67. The molecule has 94 valence electrons. The molecule has 1 aromatic heterocycles. The van der Waals surface area contributed by atoms with E-state index in [1.54, 1.807) is 18.2 Å². The molecule has 1 heterocycles. The van der Waals surface area contributed by atoms with Crippen LogP contribution in [0.2, 0.25) is 0 Å². The highest BCUT2D eigenvalue weighted by atomic mass is 19.1. The van der Waals surface area contributed by atoms with Crippen LogP contribution in [0, 0.1) is 5.82 Å². The molecular formula is C14H15FN2O. The van der Waals surface area contributed by atoms with Gasteiger partial charge in [0.05, 0.1) is 11.9 Å². The average molecular weight is 246 g/mol. The molecule has 4 heteroatoms. The van der Waals surface area contributed by atoms with Gasteiger partial charge in [-0.05, 0) is 25.1 Å². The number of phenolic OH excluding ortho intramolecular Hbond substituents is 1. The molecular weight excluding hydrogens is 231 g/mol. The molecule has 0 spiro atoms. The van der Waals surface area contributed by atoms with E-state index >= 15 is 0 Å². The SMILES string of the molecule is CC(NCc1ccccc1O)c1ccc(F)cn1. The topological polar surface area (TPSA) is 45.1 Å². The monoisotopic (exact) mass is 246 g/mol. The number of aromatic nitrogens is 1. The van der Waals surface area contributed by atoms with Gasteiger partial charge in [-0.25, -0.2) is 4.39 Å². The lowest BCUT2D eigenvalue weighted by Gasteiger charge is -2.13. The van der Waals surface area contributed by atoms with E-state index in [4.69, 9.17) is 0 Å². The van der Waals surface area contributed by atoms with Gasteiger partial charge in [-0.3, -0.25) is 4.98 Å². The molecule has 0 amide bonds. The normalized spacial score (nSPS) is 12.3. The first-order valence-electron chi connectivity index (χ1n) is 5.78. The van der Waals surface area contributed by atoms with Gasteiger partial charge in [-0.1, -0.05) is 18.2 Å². The molecule has 0 aliphatic heterocycles. The van der Waals surface area contributed by atoms with Gasteiger partial charge >= 0.3 is 0 Å². The van der Waals surface area contributed by atoms with E-state index in [-0.39, 0.29) is 17.6 Å². The van der Waals surface area contributed by atoms with Crippen LogP contribution in [0.4, 0.5) is 4.39 Å². The highest BCUT2D eigenvalue weighted by Crippen LogP contribution is 2.17. The number of hydrogen-bond donors (Lipinski definition) is 2. The maximum Gasteiger partial charge on any atom is 0.141 e. The Morgan fingerprint density at radius 2 is 2.06 bits per heavy atom. The molecule has 0 saturated carbocycles. The molecule has 2 rings (SSSR count). The van der Waals surface area contributed by atoms with E-state index in [0.29, 0.717) is 6.54 Å². The summed E-state index contributed by atoms with van der Waals surface area (Å²) < 4.78 is 12.7. The van der Waals surface area contributed by atoms with Gasteiger partial charge in [-0.2, -0.15) is 0 Å². The predicted octanol–water partition coefficient (Wildman–Crippen LogP) is 2.78. The van der Waals surface area contributed by atoms with Crippen LogP contribution >= 0.6 is 0 Å². The van der Waals surface area contributed by atoms with Crippen molar-refractivity contribution in [3.8, 4) is 5.75 Å². The minimum Gasteiger partial charge on any atom is -0.508 e. The number of aromatic hydroxyl groups is 1. The van der Waals surface area contributed by atoms with Crippen LogP contribution in [0.25, 0.3) is 0 Å². The summed E-state index contributed by atoms with van der Waals surface area (Å²) in [6.07, 6.45) is 1.20. The van der Waals surface area contributed by atoms with Gasteiger partial charge < -0.3 is 10.4 Å². The highest BCUT2D eigenvalue weighted by molar-refractivity contribution is 5.31. The molecule has 0 aliphatic carbocycles. The number of pyridine rings is 1. The van der Waals surface area contributed by atoms with Crippen LogP contribution in [0.1, 0.15) is 24.2 Å². The number of nitrogens with zero attached hydrogens (tertiary/aromatic N) is 1. The third kappa shape index (κ3) is 3.05. The van der Waals surface area contributed by atoms with Crippen LogP contribution < -0.4 is 5.32 Å². The second-order valence-corrected chi connectivity index (χ2v) is 4.13. The summed E-state index contributed by atoms with van der Waals surface area (Å²) in [5.41, 5.74) is 1.60. The third-order valence-corrected chi connectivity index (χ3v) is 2.78. The van der Waals surface area contributed by atoms with Crippen molar-refractivity contribution in [2.24, 2.45) is 0 Å². The van der Waals surface area contributed by atoms with Crippen molar-refractivity contribution in [2.45, 2.75) is 19.5 Å². The lowest BCUT2D eigenvalue weighted by Crippen LogP contribution is -2.19. The minimum absolute atomic E-state index is 0.00907. The molecule has 1 aromatic carbocycles. The molecule has 2 N–H and O–H groups in total. The fourth-order valence-electron chi connectivity index (χ4n) is 1.67. The number of para-hydroxylation sites is 1. The molecule has 2 aromatic rings. The third-order valence-electron chi connectivity index (χ3n) is 2.78. The molecule has 0 radical (unpaired) electrons. The average Bonchev–Trinajstić information content (AvgIpc) is 2.38. The molecule has 0 saturated heterocycles. The molecule has 1 atom stereocenters. The summed E-state index contributed by atoms with van der Waals surface area (Å²) in [7, 11) is 0. The fraction of sp³-hybridized carbons (Fsp3) is 0.214. The number of rotatable bonds is 4. The van der Waals surface area contributed by atoms with E-state index in [1.165, 1.54) is 12.3 Å². The molecule has 1 unspecified atom stereocenters. The van der Waals surface area contributed by atoms with Crippen molar-refractivity contribution < 1.29 is 9.50 Å². The number of benzene rings is 1. The Hall–Kier alpha value is -1.94. The number of phenols is 1. The van der Waals surface area contributed by atoms with E-state index in [9.17, 15) is 9.50 Å². The van der Waals surface area contributed by atoms with Crippen LogP contribution in [-0.2, 0) is 6.54 Å². The second-order valence-electron chi connectivity index (χ2n) is 4.13. The molecule has 3 nitrogen and oxygen atoms in total. The minimum atomic E-state index is -0.341. The van der Waals surface area contributed by atoms with Crippen LogP contribution in [0.3, 0.4) is 0 Å². The molecule has 0 aliphatic rings. The van der Waals surface area contributed by atoms with Crippen molar-refractivity contribution in [3.63, 3.8) is 0 Å². The number of nitrogens with one attached hydrogen (secondary N) is 1. The van der Waals surface area contributed by atoms with Crippen molar-refractivity contribution >= 4 is 0 Å². The number of hydrogen-bond acceptors (Lipinski definition) is 3. The first-order chi connectivity index (χ1) is 8.66. The zero-order chi connectivity index (χ0) is 13.0. The first-order valence-corrected chi connectivity index (χ1v) is 5.78. The molecule has 0 bridgehead atoms. The maximum absolute atomic E-state index is 12.7. The van der Waals surface area contributed by atoms with E-state index in [0.717, 1.165) is 11.3 Å². The van der Waals surface area contributed by atoms with Gasteiger partial charge in [0.2, 0.25) is 0 Å². The second kappa shape index (κ2) is 5.60. The molecule has 18 heavy (non-hydrogen) atoms. The highest BCUT2D eigenvalue weighted by Gasteiger charge is 2.07. The summed E-state index contributed by atoms with van der Waals surface area (Å²) in [4.78, 5) is 4.01. The Morgan fingerprint density at radius 3 is 2.72 bits per heavy atom. The Morgan fingerprint density at radius 1 is 1.28 bits per heavy atom. The summed E-state index contributed by atoms with van der Waals surface area (Å²) in [6, 6.07) is 10.2. The van der Waals surface area contributed by atoms with Crippen LogP contribution in [0.15, 0.2) is 42.6 Å². The van der Waals surface area contributed by atoms with E-state index in [2.05, 4.69) is 10.3 Å². The first kappa shape index (κ1) is 12.5. The Labute approximate surface area is 105 Å². The van der Waals surface area contributed by atoms with Gasteiger partial charge in [0.25, 0.3) is 0 Å². The smallest absolute Gasteiger partial charge is 0.141 e. The van der Waals surface area contributed by atoms with Gasteiger partial charge in [0, 0.05) is 18.2 Å². The van der Waals surface area contributed by atoms with Crippen molar-refractivity contribution in [1.29, 1.82) is 0 Å². The quantitative estimate of drug-likeness (QED) is 0.872. The Bertz CT molecular complexity index is 513. The number of halogens is 1. The summed E-state index contributed by atoms with van der Waals surface area (Å²) in [5, 5.41) is 12.9. The van der Waals surface area contributed by atoms with E-state index in [1.807, 2.05) is 19.1 Å². The summed E-state index contributed by atoms with van der Waals surface area (Å²) in [6.45, 7) is 2.48. The van der Waals surface area contributed by atoms with Crippen LogP contribution in [0.5, 0.6) is 5.75 Å². The largest absolute Gasteiger partial charge is 0.508 e. The Kier molecular flexibility index (Phi) is 3.89. The van der Waals surface area contributed by atoms with Gasteiger partial charge in [0.15, 0.2) is 0 Å². The Balaban J connectivity index is 1.98.